The Morgan fingerprint density at radius 3 is 0.632 bits per heavy atom. The van der Waals surface area contributed by atoms with Crippen molar-refractivity contribution in [3.63, 3.8) is 0 Å². The van der Waals surface area contributed by atoms with Crippen LogP contribution >= 0.6 is 16.5 Å². The Morgan fingerprint density at radius 1 is 0.316 bits per heavy atom. The zero-order chi connectivity index (χ0) is 29.9. The zero-order valence-corrected chi connectivity index (χ0v) is 30.3. The molecule has 2 heteroatoms. The summed E-state index contributed by atoms with van der Waals surface area (Å²) in [5.41, 5.74) is 9.76. The largest absolute Gasteiger partial charge is 0.0627 e. The number of hydrogen-bond donors (Lipinski definition) is 0. The maximum Gasteiger partial charge on any atom is -0.0125 e. The van der Waals surface area contributed by atoms with Crippen LogP contribution in [0.15, 0.2) is 24.3 Å². The molecule has 0 bridgehead atoms. The van der Waals surface area contributed by atoms with E-state index >= 15 is 0 Å². The molecule has 0 heterocycles. The van der Waals surface area contributed by atoms with Crippen molar-refractivity contribution >= 4 is 27.1 Å². The number of rotatable bonds is 3. The summed E-state index contributed by atoms with van der Waals surface area (Å²) >= 11 is 0. The van der Waals surface area contributed by atoms with E-state index in [1.54, 1.807) is 32.9 Å². The third-order valence-electron chi connectivity index (χ3n) is 7.55. The van der Waals surface area contributed by atoms with Crippen LogP contribution in [0.4, 0.5) is 0 Å². The van der Waals surface area contributed by atoms with Crippen molar-refractivity contribution < 1.29 is 0 Å². The summed E-state index contributed by atoms with van der Waals surface area (Å²) in [7, 11) is 1.54. The van der Waals surface area contributed by atoms with Crippen molar-refractivity contribution in [2.24, 2.45) is 0 Å². The van der Waals surface area contributed by atoms with Crippen LogP contribution in [0.2, 0.25) is 0 Å². The number of hydrogen-bond acceptors (Lipinski definition) is 0. The maximum atomic E-state index is 2.54. The maximum absolute atomic E-state index is 2.54. The van der Waals surface area contributed by atoms with Crippen LogP contribution in [-0.2, 0) is 32.5 Å². The van der Waals surface area contributed by atoms with Gasteiger partial charge in [-0.15, -0.1) is 0 Å². The van der Waals surface area contributed by atoms with Crippen molar-refractivity contribution in [2.75, 3.05) is 0 Å². The summed E-state index contributed by atoms with van der Waals surface area (Å²) in [6, 6.07) is 10.2. The van der Waals surface area contributed by atoms with Gasteiger partial charge in [-0.2, -0.15) is 0 Å². The van der Waals surface area contributed by atoms with Crippen LogP contribution in [0.5, 0.6) is 0 Å². The zero-order valence-electron chi connectivity index (χ0n) is 28.3. The van der Waals surface area contributed by atoms with Gasteiger partial charge in [0.25, 0.3) is 0 Å². The fourth-order valence-corrected chi connectivity index (χ4v) is 9.85. The minimum atomic E-state index is 0.101. The lowest BCUT2D eigenvalue weighted by Crippen LogP contribution is -2.31. The van der Waals surface area contributed by atoms with E-state index in [4.69, 9.17) is 0 Å². The highest BCUT2D eigenvalue weighted by Gasteiger charge is 2.32. The van der Waals surface area contributed by atoms with Gasteiger partial charge in [0.2, 0.25) is 0 Å². The molecule has 0 N–H and O–H groups in total. The molecule has 2 unspecified atom stereocenters. The van der Waals surface area contributed by atoms with Gasteiger partial charge in [0.15, 0.2) is 0 Å². The van der Waals surface area contributed by atoms with E-state index in [0.717, 1.165) is 16.5 Å². The SMILES string of the molecule is CC(C)(C)c1cc(C(C)(C)C)c(PPc2c(C(C)(C)C)cc(C(C)(C)C)cc2C(C)(C)C)c(C(C)(C)C)c1. The molecule has 2 rings (SSSR count). The highest BCUT2D eigenvalue weighted by Crippen LogP contribution is 2.47. The third-order valence-corrected chi connectivity index (χ3v) is 11.1. The fourth-order valence-electron chi connectivity index (χ4n) is 4.91. The Hall–Kier alpha value is -0.700. The van der Waals surface area contributed by atoms with Crippen molar-refractivity contribution in [1.82, 2.24) is 0 Å². The summed E-state index contributed by atoms with van der Waals surface area (Å²) < 4.78 is 0. The lowest BCUT2D eigenvalue weighted by atomic mass is 9.75. The smallest absolute Gasteiger partial charge is 0.0125 e. The average Bonchev–Trinajstić information content (AvgIpc) is 2.66. The second kappa shape index (κ2) is 10.6. The summed E-state index contributed by atoms with van der Waals surface area (Å²) in [6.45, 7) is 42.9. The summed E-state index contributed by atoms with van der Waals surface area (Å²) in [6.07, 6.45) is 0. The molecule has 0 aliphatic carbocycles. The molecule has 2 aromatic carbocycles. The van der Waals surface area contributed by atoms with Crippen LogP contribution < -0.4 is 10.6 Å². The first-order valence-electron chi connectivity index (χ1n) is 14.6. The summed E-state index contributed by atoms with van der Waals surface area (Å²) in [5.74, 6) is 0. The van der Waals surface area contributed by atoms with Gasteiger partial charge in [-0.25, -0.2) is 0 Å². The highest BCUT2D eigenvalue weighted by molar-refractivity contribution is 8.18. The topological polar surface area (TPSA) is 0 Å². The van der Waals surface area contributed by atoms with Crippen LogP contribution in [0.25, 0.3) is 0 Å². The van der Waals surface area contributed by atoms with E-state index < -0.39 is 0 Å². The first kappa shape index (κ1) is 33.5. The molecule has 0 spiro atoms. The van der Waals surface area contributed by atoms with E-state index in [1.807, 2.05) is 0 Å². The monoisotopic (exact) mass is 554 g/mol. The van der Waals surface area contributed by atoms with Crippen molar-refractivity contribution in [3.8, 4) is 0 Å². The second-order valence-electron chi connectivity index (χ2n) is 17.6. The Bertz CT molecular complexity index is 975. The average molecular weight is 555 g/mol. The van der Waals surface area contributed by atoms with Crippen LogP contribution in [0.3, 0.4) is 0 Å². The first-order valence-corrected chi connectivity index (χ1v) is 17.6. The van der Waals surface area contributed by atoms with E-state index in [9.17, 15) is 0 Å². The molecule has 0 radical (unpaired) electrons. The molecule has 0 fully saturated rings. The molecule has 0 amide bonds. The van der Waals surface area contributed by atoms with E-state index in [2.05, 4.69) is 149 Å². The predicted molar refractivity (Wildman–Crippen MR) is 181 cm³/mol. The Morgan fingerprint density at radius 2 is 0.500 bits per heavy atom. The Balaban J connectivity index is 2.90. The molecule has 38 heavy (non-hydrogen) atoms. The van der Waals surface area contributed by atoms with Crippen molar-refractivity contribution in [3.05, 3.63) is 57.6 Å². The highest BCUT2D eigenvalue weighted by atomic mass is 32.0. The molecule has 0 aliphatic heterocycles. The van der Waals surface area contributed by atoms with Gasteiger partial charge in [-0.3, -0.25) is 0 Å². The summed E-state index contributed by atoms with van der Waals surface area (Å²) in [5, 5.41) is 3.21. The molecule has 0 saturated heterocycles. The van der Waals surface area contributed by atoms with Gasteiger partial charge in [-0.1, -0.05) is 165 Å². The van der Waals surface area contributed by atoms with E-state index in [0.29, 0.717) is 0 Å². The molecule has 0 aliphatic rings. The fraction of sp³-hybridized carbons (Fsp3) is 0.667. The minimum Gasteiger partial charge on any atom is -0.0627 e. The van der Waals surface area contributed by atoms with Gasteiger partial charge < -0.3 is 0 Å². The van der Waals surface area contributed by atoms with Crippen LogP contribution in [-0.4, -0.2) is 0 Å². The summed E-state index contributed by atoms with van der Waals surface area (Å²) in [4.78, 5) is 0. The number of benzene rings is 2. The minimum absolute atomic E-state index is 0.101. The predicted octanol–water partition coefficient (Wildman–Crippen LogP) is 10.7. The standard InChI is InChI=1S/C36H60P2/c1-31(2,3)23-19-25(33(7,8)9)29(26(20-23)34(10,11)12)37-38-30-27(35(13,14)15)21-24(32(4,5)6)22-28(30)36(16,17)18/h19-22,37-38H,1-18H3. The quantitative estimate of drug-likeness (QED) is 0.331. The molecule has 0 nitrogen and oxygen atoms in total. The normalized spacial score (nSPS) is 14.9. The first-order chi connectivity index (χ1) is 16.6. The van der Waals surface area contributed by atoms with Crippen LogP contribution in [0.1, 0.15) is 158 Å². The van der Waals surface area contributed by atoms with Gasteiger partial charge in [0.1, 0.15) is 0 Å². The molecule has 2 aromatic rings. The third kappa shape index (κ3) is 7.94. The van der Waals surface area contributed by atoms with Gasteiger partial charge in [0, 0.05) is 0 Å². The van der Waals surface area contributed by atoms with Crippen LogP contribution in [0, 0.1) is 0 Å². The van der Waals surface area contributed by atoms with Gasteiger partial charge in [-0.05, 0) is 76.5 Å². The van der Waals surface area contributed by atoms with Crippen molar-refractivity contribution in [1.29, 1.82) is 0 Å². The van der Waals surface area contributed by atoms with E-state index in [1.165, 1.54) is 11.1 Å². The molecule has 2 atom stereocenters. The molecule has 0 aromatic heterocycles. The molecule has 0 saturated carbocycles. The lowest BCUT2D eigenvalue weighted by Gasteiger charge is -2.35. The molecular weight excluding hydrogens is 494 g/mol. The van der Waals surface area contributed by atoms with Crippen molar-refractivity contribution in [2.45, 2.75) is 157 Å². The Labute approximate surface area is 241 Å². The lowest BCUT2D eigenvalue weighted by molar-refractivity contribution is 0.553. The Kier molecular flexibility index (Phi) is 9.35. The van der Waals surface area contributed by atoms with E-state index in [-0.39, 0.29) is 32.5 Å². The molecule has 214 valence electrons. The van der Waals surface area contributed by atoms with Gasteiger partial charge in [0.05, 0.1) is 0 Å². The molecular formula is C36H60P2. The van der Waals surface area contributed by atoms with Gasteiger partial charge >= 0.3 is 0 Å². The second-order valence-corrected chi connectivity index (χ2v) is 20.6.